The molecule has 2 aromatic heterocycles. The molecule has 132 valence electrons. The molecular weight excluding hydrogens is 334 g/mol. The largest absolute Gasteiger partial charge is 0.497 e. The Kier molecular flexibility index (Phi) is 5.53. The van der Waals surface area contributed by atoms with Crippen LogP contribution in [0.5, 0.6) is 5.75 Å². The van der Waals surface area contributed by atoms with Gasteiger partial charge in [0.25, 0.3) is 0 Å². The van der Waals surface area contributed by atoms with Crippen molar-refractivity contribution in [3.63, 3.8) is 0 Å². The van der Waals surface area contributed by atoms with Gasteiger partial charge in [-0.15, -0.1) is 11.3 Å². The molecule has 6 heteroatoms. The SMILES string of the molecule is COc1ccc(C(=O)c2cc3cc(C)n(CCCCNN)c3s2)cc1. The summed E-state index contributed by atoms with van der Waals surface area (Å²) >= 11 is 1.56. The number of aryl methyl sites for hydroxylation is 2. The number of unbranched alkanes of at least 4 members (excludes halogenated alkanes) is 1. The number of methoxy groups -OCH3 is 1. The third-order valence-corrected chi connectivity index (χ3v) is 5.48. The molecule has 0 unspecified atom stereocenters. The molecule has 1 aromatic carbocycles. The van der Waals surface area contributed by atoms with Crippen LogP contribution in [0.3, 0.4) is 0 Å². The van der Waals surface area contributed by atoms with Crippen LogP contribution in [0.2, 0.25) is 0 Å². The lowest BCUT2D eigenvalue weighted by Gasteiger charge is -2.07. The van der Waals surface area contributed by atoms with Crippen molar-refractivity contribution in [2.75, 3.05) is 13.7 Å². The number of nitrogens with one attached hydrogen (secondary N) is 1. The molecule has 0 aliphatic carbocycles. The van der Waals surface area contributed by atoms with Gasteiger partial charge in [0, 0.05) is 29.7 Å². The Hall–Kier alpha value is -2.15. The molecule has 0 saturated heterocycles. The molecule has 0 bridgehead atoms. The lowest BCUT2D eigenvalue weighted by Crippen LogP contribution is -2.23. The fourth-order valence-electron chi connectivity index (χ4n) is 2.94. The molecule has 25 heavy (non-hydrogen) atoms. The topological polar surface area (TPSA) is 69.3 Å². The number of hydrogen-bond donors (Lipinski definition) is 2. The van der Waals surface area contributed by atoms with Crippen molar-refractivity contribution in [1.82, 2.24) is 9.99 Å². The number of thiophene rings is 1. The van der Waals surface area contributed by atoms with Gasteiger partial charge in [0.2, 0.25) is 5.78 Å². The summed E-state index contributed by atoms with van der Waals surface area (Å²) in [5, 5.41) is 1.14. The maximum Gasteiger partial charge on any atom is 0.203 e. The number of hydrazine groups is 1. The highest BCUT2D eigenvalue weighted by molar-refractivity contribution is 7.20. The molecule has 0 saturated carbocycles. The predicted molar refractivity (Wildman–Crippen MR) is 102 cm³/mol. The highest BCUT2D eigenvalue weighted by Gasteiger charge is 2.16. The van der Waals surface area contributed by atoms with Crippen molar-refractivity contribution < 1.29 is 9.53 Å². The van der Waals surface area contributed by atoms with Gasteiger partial charge in [0.05, 0.1) is 12.0 Å². The number of fused-ring (bicyclic) bond motifs is 1. The van der Waals surface area contributed by atoms with Gasteiger partial charge in [-0.1, -0.05) is 0 Å². The summed E-state index contributed by atoms with van der Waals surface area (Å²) in [6.07, 6.45) is 2.08. The summed E-state index contributed by atoms with van der Waals surface area (Å²) in [6, 6.07) is 11.4. The van der Waals surface area contributed by atoms with Gasteiger partial charge in [0.15, 0.2) is 0 Å². The summed E-state index contributed by atoms with van der Waals surface area (Å²) in [5.41, 5.74) is 4.59. The Balaban J connectivity index is 1.82. The normalized spacial score (nSPS) is 11.2. The smallest absolute Gasteiger partial charge is 0.203 e. The van der Waals surface area contributed by atoms with Crippen molar-refractivity contribution in [3.05, 3.63) is 52.5 Å². The van der Waals surface area contributed by atoms with Crippen LogP contribution in [-0.4, -0.2) is 24.0 Å². The molecule has 2 heterocycles. The van der Waals surface area contributed by atoms with Crippen LogP contribution >= 0.6 is 11.3 Å². The number of hydrogen-bond acceptors (Lipinski definition) is 5. The first kappa shape index (κ1) is 17.7. The molecule has 0 spiro atoms. The van der Waals surface area contributed by atoms with Crippen molar-refractivity contribution in [3.8, 4) is 5.75 Å². The van der Waals surface area contributed by atoms with E-state index in [1.54, 1.807) is 18.4 Å². The first-order valence-corrected chi connectivity index (χ1v) is 9.17. The maximum absolute atomic E-state index is 12.7. The Labute approximate surface area is 151 Å². The third kappa shape index (κ3) is 3.76. The summed E-state index contributed by atoms with van der Waals surface area (Å²) in [4.78, 5) is 14.7. The predicted octanol–water partition coefficient (Wildman–Crippen LogP) is 3.49. The highest BCUT2D eigenvalue weighted by atomic mass is 32.1. The summed E-state index contributed by atoms with van der Waals surface area (Å²) in [7, 11) is 1.62. The number of rotatable bonds is 8. The van der Waals surface area contributed by atoms with Crippen LogP contribution in [0, 0.1) is 6.92 Å². The zero-order valence-corrected chi connectivity index (χ0v) is 15.4. The van der Waals surface area contributed by atoms with Gasteiger partial charge in [-0.3, -0.25) is 16.1 Å². The first-order valence-electron chi connectivity index (χ1n) is 8.36. The van der Waals surface area contributed by atoms with Gasteiger partial charge in [-0.05, 0) is 56.2 Å². The monoisotopic (exact) mass is 357 g/mol. The highest BCUT2D eigenvalue weighted by Crippen LogP contribution is 2.31. The fraction of sp³-hybridized carbons (Fsp3) is 0.316. The van der Waals surface area contributed by atoms with E-state index >= 15 is 0 Å². The van der Waals surface area contributed by atoms with E-state index in [9.17, 15) is 4.79 Å². The molecule has 5 nitrogen and oxygen atoms in total. The summed E-state index contributed by atoms with van der Waals surface area (Å²) < 4.78 is 7.44. The minimum Gasteiger partial charge on any atom is -0.497 e. The molecule has 0 amide bonds. The van der Waals surface area contributed by atoms with Crippen molar-refractivity contribution in [2.24, 2.45) is 5.84 Å². The van der Waals surface area contributed by atoms with Crippen LogP contribution in [0.1, 0.15) is 33.8 Å². The Morgan fingerprint density at radius 1 is 1.24 bits per heavy atom. The number of benzene rings is 1. The maximum atomic E-state index is 12.7. The minimum atomic E-state index is 0.0559. The fourth-order valence-corrected chi connectivity index (χ4v) is 4.13. The van der Waals surface area contributed by atoms with Gasteiger partial charge in [0.1, 0.15) is 10.6 Å². The molecule has 3 N–H and O–H groups in total. The molecule has 0 aliphatic heterocycles. The standard InChI is InChI=1S/C19H23N3O2S/c1-13-11-15-12-17(18(23)14-5-7-16(24-2)8-6-14)25-19(15)22(13)10-4-3-9-21-20/h5-8,11-12,21H,3-4,9-10,20H2,1-2H3. The van der Waals surface area contributed by atoms with Crippen LogP contribution in [0.25, 0.3) is 10.2 Å². The van der Waals surface area contributed by atoms with E-state index in [1.807, 2.05) is 30.3 Å². The van der Waals surface area contributed by atoms with E-state index in [1.165, 1.54) is 5.69 Å². The van der Waals surface area contributed by atoms with Gasteiger partial charge >= 0.3 is 0 Å². The molecule has 3 rings (SSSR count). The number of ether oxygens (including phenoxy) is 1. The van der Waals surface area contributed by atoms with Gasteiger partial charge in [-0.2, -0.15) is 0 Å². The minimum absolute atomic E-state index is 0.0559. The number of nitrogens with zero attached hydrogens (tertiary/aromatic N) is 1. The van der Waals surface area contributed by atoms with Crippen LogP contribution in [0.15, 0.2) is 36.4 Å². The second-order valence-electron chi connectivity index (χ2n) is 6.03. The number of nitrogens with two attached hydrogens (primary N) is 1. The second kappa shape index (κ2) is 7.82. The summed E-state index contributed by atoms with van der Waals surface area (Å²) in [6.45, 7) is 3.86. The Morgan fingerprint density at radius 2 is 2.00 bits per heavy atom. The Bertz CT molecular complexity index is 865. The molecule has 0 atom stereocenters. The van der Waals surface area contributed by atoms with Crippen molar-refractivity contribution in [2.45, 2.75) is 26.3 Å². The lowest BCUT2D eigenvalue weighted by atomic mass is 10.1. The van der Waals surface area contributed by atoms with E-state index in [-0.39, 0.29) is 5.78 Å². The second-order valence-corrected chi connectivity index (χ2v) is 7.06. The van der Waals surface area contributed by atoms with E-state index in [2.05, 4.69) is 23.0 Å². The van der Waals surface area contributed by atoms with E-state index < -0.39 is 0 Å². The molecule has 3 aromatic rings. The van der Waals surface area contributed by atoms with Gasteiger partial charge in [-0.25, -0.2) is 0 Å². The van der Waals surface area contributed by atoms with Crippen LogP contribution in [-0.2, 0) is 6.54 Å². The number of ketones is 1. The average molecular weight is 357 g/mol. The molecule has 0 aliphatic rings. The van der Waals surface area contributed by atoms with E-state index in [0.717, 1.165) is 46.8 Å². The van der Waals surface area contributed by atoms with Crippen LogP contribution in [0.4, 0.5) is 0 Å². The zero-order valence-electron chi connectivity index (χ0n) is 14.5. The average Bonchev–Trinajstić information content (AvgIpc) is 3.16. The number of carbonyl (C=O) groups excluding carboxylic acids is 1. The lowest BCUT2D eigenvalue weighted by molar-refractivity contribution is 0.104. The van der Waals surface area contributed by atoms with Crippen molar-refractivity contribution in [1.29, 1.82) is 0 Å². The summed E-state index contributed by atoms with van der Waals surface area (Å²) in [5.74, 6) is 6.13. The van der Waals surface area contributed by atoms with Gasteiger partial charge < -0.3 is 9.30 Å². The first-order chi connectivity index (χ1) is 12.1. The Morgan fingerprint density at radius 3 is 2.68 bits per heavy atom. The molecule has 0 fully saturated rings. The van der Waals surface area contributed by atoms with Crippen molar-refractivity contribution >= 4 is 27.3 Å². The third-order valence-electron chi connectivity index (χ3n) is 4.30. The molecular formula is C19H23N3O2S. The number of aromatic nitrogens is 1. The quantitative estimate of drug-likeness (QED) is 0.280. The van der Waals surface area contributed by atoms with E-state index in [0.29, 0.717) is 5.56 Å². The zero-order chi connectivity index (χ0) is 17.8. The molecule has 0 radical (unpaired) electrons. The van der Waals surface area contributed by atoms with E-state index in [4.69, 9.17) is 10.6 Å². The van der Waals surface area contributed by atoms with Crippen LogP contribution < -0.4 is 16.0 Å². The number of carbonyl (C=O) groups is 1.